The summed E-state index contributed by atoms with van der Waals surface area (Å²) in [4.78, 5) is 42.5. The molecule has 0 aliphatic carbocycles. The van der Waals surface area contributed by atoms with Gasteiger partial charge in [-0.2, -0.15) is 5.10 Å². The highest BCUT2D eigenvalue weighted by molar-refractivity contribution is 6.23. The van der Waals surface area contributed by atoms with Crippen molar-refractivity contribution in [2.45, 2.75) is 40.2 Å². The summed E-state index contributed by atoms with van der Waals surface area (Å²) in [5.41, 5.74) is 3.40. The maximum Gasteiger partial charge on any atom is 0.263 e. The van der Waals surface area contributed by atoms with Gasteiger partial charge in [0.15, 0.2) is 0 Å². The van der Waals surface area contributed by atoms with Gasteiger partial charge in [-0.1, -0.05) is 19.9 Å². The van der Waals surface area contributed by atoms with Crippen molar-refractivity contribution in [2.24, 2.45) is 18.9 Å². The SMILES string of the molecule is Cc1c(CN2C(=O)c3cccc(N4CCCC(C(=O)NCC(C)C)C4)c3C2=O)cnn1C. The van der Waals surface area contributed by atoms with E-state index in [1.165, 1.54) is 4.90 Å². The van der Waals surface area contributed by atoms with E-state index >= 15 is 0 Å². The third-order valence-electron chi connectivity index (χ3n) is 6.46. The molecule has 1 N–H and O–H groups in total. The molecule has 0 saturated carbocycles. The lowest BCUT2D eigenvalue weighted by atomic mass is 9.95. The first-order valence-corrected chi connectivity index (χ1v) is 11.3. The molecule has 0 spiro atoms. The largest absolute Gasteiger partial charge is 0.370 e. The number of carbonyl (C=O) groups excluding carboxylic acids is 3. The molecule has 1 aromatic carbocycles. The van der Waals surface area contributed by atoms with Gasteiger partial charge in [0.05, 0.1) is 35.5 Å². The molecule has 0 bridgehead atoms. The molecular formula is C24H31N5O3. The van der Waals surface area contributed by atoms with Gasteiger partial charge < -0.3 is 10.2 Å². The highest BCUT2D eigenvalue weighted by Gasteiger charge is 2.39. The number of rotatable bonds is 6. The van der Waals surface area contributed by atoms with E-state index in [0.29, 0.717) is 30.1 Å². The Balaban J connectivity index is 1.56. The Kier molecular flexibility index (Phi) is 6.04. The number of hydrogen-bond acceptors (Lipinski definition) is 5. The number of nitrogens with zero attached hydrogens (tertiary/aromatic N) is 4. The first-order chi connectivity index (χ1) is 15.3. The lowest BCUT2D eigenvalue weighted by molar-refractivity contribution is -0.125. The van der Waals surface area contributed by atoms with Crippen molar-refractivity contribution >= 4 is 23.4 Å². The summed E-state index contributed by atoms with van der Waals surface area (Å²) in [5, 5.41) is 7.25. The van der Waals surface area contributed by atoms with E-state index in [1.54, 1.807) is 16.9 Å². The first-order valence-electron chi connectivity index (χ1n) is 11.3. The molecule has 32 heavy (non-hydrogen) atoms. The molecule has 8 heteroatoms. The molecule has 2 aliphatic heterocycles. The number of amides is 3. The number of benzene rings is 1. The van der Waals surface area contributed by atoms with E-state index in [-0.39, 0.29) is 30.2 Å². The molecule has 1 saturated heterocycles. The van der Waals surface area contributed by atoms with Crippen LogP contribution in [0, 0.1) is 18.8 Å². The van der Waals surface area contributed by atoms with Crippen molar-refractivity contribution in [2.75, 3.05) is 24.5 Å². The number of aryl methyl sites for hydroxylation is 1. The van der Waals surface area contributed by atoms with Crippen molar-refractivity contribution in [1.82, 2.24) is 20.0 Å². The third-order valence-corrected chi connectivity index (χ3v) is 6.46. The zero-order chi connectivity index (χ0) is 23.0. The zero-order valence-electron chi connectivity index (χ0n) is 19.2. The highest BCUT2D eigenvalue weighted by atomic mass is 16.2. The van der Waals surface area contributed by atoms with Crippen molar-refractivity contribution in [3.05, 3.63) is 46.8 Å². The number of anilines is 1. The van der Waals surface area contributed by atoms with E-state index in [2.05, 4.69) is 29.2 Å². The molecule has 0 radical (unpaired) electrons. The normalized spacial score (nSPS) is 18.5. The second-order valence-corrected chi connectivity index (χ2v) is 9.20. The lowest BCUT2D eigenvalue weighted by Crippen LogP contribution is -2.44. The molecule has 170 valence electrons. The summed E-state index contributed by atoms with van der Waals surface area (Å²) < 4.78 is 1.73. The van der Waals surface area contributed by atoms with E-state index < -0.39 is 0 Å². The molecule has 8 nitrogen and oxygen atoms in total. The van der Waals surface area contributed by atoms with Crippen LogP contribution in [-0.2, 0) is 18.4 Å². The van der Waals surface area contributed by atoms with Gasteiger partial charge >= 0.3 is 0 Å². The molecule has 4 rings (SSSR count). The van der Waals surface area contributed by atoms with E-state index in [4.69, 9.17) is 0 Å². The van der Waals surface area contributed by atoms with Crippen LogP contribution in [0.1, 0.15) is 58.7 Å². The van der Waals surface area contributed by atoms with Crippen molar-refractivity contribution < 1.29 is 14.4 Å². The number of piperidine rings is 1. The van der Waals surface area contributed by atoms with Crippen molar-refractivity contribution in [1.29, 1.82) is 0 Å². The fourth-order valence-corrected chi connectivity index (χ4v) is 4.45. The van der Waals surface area contributed by atoms with E-state index in [0.717, 1.165) is 36.3 Å². The number of imide groups is 1. The second-order valence-electron chi connectivity index (χ2n) is 9.20. The van der Waals surface area contributed by atoms with Crippen molar-refractivity contribution in [3.63, 3.8) is 0 Å². The Labute approximate surface area is 188 Å². The van der Waals surface area contributed by atoms with E-state index in [1.807, 2.05) is 26.1 Å². The van der Waals surface area contributed by atoms with Gasteiger partial charge in [-0.15, -0.1) is 0 Å². The monoisotopic (exact) mass is 437 g/mol. The van der Waals surface area contributed by atoms with Crippen LogP contribution in [0.4, 0.5) is 5.69 Å². The molecule has 1 atom stereocenters. The molecule has 2 aromatic rings. The Hall–Kier alpha value is -3.16. The first kappa shape index (κ1) is 22.0. The Morgan fingerprint density at radius 2 is 2.03 bits per heavy atom. The molecular weight excluding hydrogens is 406 g/mol. The Bertz CT molecular complexity index is 1060. The molecule has 3 heterocycles. The van der Waals surface area contributed by atoms with Gasteiger partial charge in [0, 0.05) is 37.9 Å². The smallest absolute Gasteiger partial charge is 0.263 e. The summed E-state index contributed by atoms with van der Waals surface area (Å²) in [6.07, 6.45) is 3.39. The summed E-state index contributed by atoms with van der Waals surface area (Å²) in [5.74, 6) is -0.227. The maximum absolute atomic E-state index is 13.4. The molecule has 1 fully saturated rings. The second kappa shape index (κ2) is 8.76. The number of aromatic nitrogens is 2. The zero-order valence-corrected chi connectivity index (χ0v) is 19.2. The molecule has 1 unspecified atom stereocenters. The number of fused-ring (bicyclic) bond motifs is 1. The van der Waals surface area contributed by atoms with Gasteiger partial charge in [-0.3, -0.25) is 24.0 Å². The summed E-state index contributed by atoms with van der Waals surface area (Å²) in [6.45, 7) is 8.23. The predicted octanol–water partition coefficient (Wildman–Crippen LogP) is 2.51. The number of hydrogen-bond donors (Lipinski definition) is 1. The minimum atomic E-state index is -0.282. The van der Waals surface area contributed by atoms with Crippen LogP contribution in [0.2, 0.25) is 0 Å². The minimum absolute atomic E-state index is 0.0621. The van der Waals surface area contributed by atoms with Gasteiger partial charge in [0.2, 0.25) is 5.91 Å². The van der Waals surface area contributed by atoms with Crippen molar-refractivity contribution in [3.8, 4) is 0 Å². The van der Waals surface area contributed by atoms with E-state index in [9.17, 15) is 14.4 Å². The standard InChI is InChI=1S/C24H31N5O3/c1-15(2)11-25-22(30)17-7-6-10-28(13-17)20-9-5-8-19-21(20)24(32)29(23(19)31)14-18-12-26-27(4)16(18)3/h5,8-9,12,15,17H,6-7,10-11,13-14H2,1-4H3,(H,25,30). The maximum atomic E-state index is 13.4. The Morgan fingerprint density at radius 3 is 2.72 bits per heavy atom. The molecule has 1 aromatic heterocycles. The van der Waals surface area contributed by atoms with Gasteiger partial charge in [0.1, 0.15) is 0 Å². The quantitative estimate of drug-likeness (QED) is 0.702. The van der Waals surface area contributed by atoms with Crippen LogP contribution in [0.5, 0.6) is 0 Å². The summed E-state index contributed by atoms with van der Waals surface area (Å²) >= 11 is 0. The number of carbonyl (C=O) groups is 3. The van der Waals surface area contributed by atoms with Crippen LogP contribution in [0.15, 0.2) is 24.4 Å². The lowest BCUT2D eigenvalue weighted by Gasteiger charge is -2.34. The predicted molar refractivity (Wildman–Crippen MR) is 121 cm³/mol. The summed E-state index contributed by atoms with van der Waals surface area (Å²) in [7, 11) is 1.84. The number of nitrogens with one attached hydrogen (secondary N) is 1. The van der Waals surface area contributed by atoms with Gasteiger partial charge in [0.25, 0.3) is 11.8 Å². The highest BCUT2D eigenvalue weighted by Crippen LogP contribution is 2.35. The third kappa shape index (κ3) is 4.01. The molecule has 2 aliphatic rings. The van der Waals surface area contributed by atoms with Gasteiger partial charge in [-0.05, 0) is 37.8 Å². The fraction of sp³-hybridized carbons (Fsp3) is 0.500. The molecule has 3 amide bonds. The Morgan fingerprint density at radius 1 is 1.25 bits per heavy atom. The van der Waals surface area contributed by atoms with Crippen LogP contribution in [0.25, 0.3) is 0 Å². The van der Waals surface area contributed by atoms with Crippen LogP contribution in [-0.4, -0.2) is 52.0 Å². The fourth-order valence-electron chi connectivity index (χ4n) is 4.45. The average Bonchev–Trinajstić information content (AvgIpc) is 3.23. The van der Waals surface area contributed by atoms with Gasteiger partial charge in [-0.25, -0.2) is 0 Å². The van der Waals surface area contributed by atoms with Crippen LogP contribution < -0.4 is 10.2 Å². The minimum Gasteiger partial charge on any atom is -0.370 e. The topological polar surface area (TPSA) is 87.5 Å². The summed E-state index contributed by atoms with van der Waals surface area (Å²) in [6, 6.07) is 5.42. The average molecular weight is 438 g/mol. The van der Waals surface area contributed by atoms with Crippen LogP contribution >= 0.6 is 0 Å². The van der Waals surface area contributed by atoms with Crippen LogP contribution in [0.3, 0.4) is 0 Å².